The van der Waals surface area contributed by atoms with E-state index in [9.17, 15) is 8.42 Å². The molecular formula is C6H8AsNO4S. The first kappa shape index (κ1) is 10.7. The third-order valence-corrected chi connectivity index (χ3v) is 3.92. The van der Waals surface area contributed by atoms with Crippen LogP contribution in [0.2, 0.25) is 0 Å². The van der Waals surface area contributed by atoms with Crippen molar-refractivity contribution in [2.24, 2.45) is 5.14 Å². The normalized spacial score (nSPS) is 12.0. The van der Waals surface area contributed by atoms with Crippen LogP contribution in [-0.4, -0.2) is 31.9 Å². The number of primary sulfonamides is 1. The van der Waals surface area contributed by atoms with Crippen LogP contribution in [0.1, 0.15) is 0 Å². The van der Waals surface area contributed by atoms with Gasteiger partial charge in [-0.2, -0.15) is 0 Å². The van der Waals surface area contributed by atoms with Gasteiger partial charge in [0.25, 0.3) is 0 Å². The molecule has 4 N–H and O–H groups in total. The molecule has 1 rings (SSSR count). The van der Waals surface area contributed by atoms with Crippen LogP contribution >= 0.6 is 0 Å². The van der Waals surface area contributed by atoms with Crippen molar-refractivity contribution >= 4 is 29.7 Å². The van der Waals surface area contributed by atoms with Gasteiger partial charge in [0.2, 0.25) is 0 Å². The van der Waals surface area contributed by atoms with Gasteiger partial charge in [0, 0.05) is 0 Å². The first-order chi connectivity index (χ1) is 5.91. The van der Waals surface area contributed by atoms with E-state index >= 15 is 0 Å². The molecule has 0 atom stereocenters. The number of hydrogen-bond acceptors (Lipinski definition) is 4. The van der Waals surface area contributed by atoms with Gasteiger partial charge < -0.3 is 0 Å². The molecule has 0 spiro atoms. The summed E-state index contributed by atoms with van der Waals surface area (Å²) < 4.78 is 39.6. The number of benzene rings is 1. The van der Waals surface area contributed by atoms with Crippen LogP contribution in [0.3, 0.4) is 0 Å². The van der Waals surface area contributed by atoms with Gasteiger partial charge in [0.05, 0.1) is 0 Å². The predicted molar refractivity (Wildman–Crippen MR) is 47.6 cm³/mol. The molecule has 0 aromatic heterocycles. The minimum atomic E-state index is -3.69. The molecule has 72 valence electrons. The van der Waals surface area contributed by atoms with Gasteiger partial charge >= 0.3 is 80.6 Å². The van der Waals surface area contributed by atoms with Gasteiger partial charge in [0.1, 0.15) is 0 Å². The fraction of sp³-hybridized carbons (Fsp3) is 0. The Labute approximate surface area is 80.8 Å². The van der Waals surface area contributed by atoms with E-state index in [0.717, 1.165) is 0 Å². The molecule has 0 fully saturated rings. The van der Waals surface area contributed by atoms with Crippen LogP contribution in [0.25, 0.3) is 0 Å². The van der Waals surface area contributed by atoms with Crippen molar-refractivity contribution in [1.29, 1.82) is 0 Å². The number of nitrogens with two attached hydrogens (primary N) is 1. The molecule has 7 heteroatoms. The van der Waals surface area contributed by atoms with Crippen LogP contribution in [-0.2, 0) is 10.0 Å². The van der Waals surface area contributed by atoms with E-state index in [1.54, 1.807) is 0 Å². The molecule has 1 aromatic rings. The van der Waals surface area contributed by atoms with Crippen LogP contribution < -0.4 is 9.49 Å². The molecular weight excluding hydrogens is 257 g/mol. The zero-order valence-corrected chi connectivity index (χ0v) is 9.15. The Balaban J connectivity index is 3.08. The molecule has 0 aliphatic heterocycles. The molecule has 5 nitrogen and oxygen atoms in total. The van der Waals surface area contributed by atoms with Gasteiger partial charge in [-0.1, -0.05) is 0 Å². The van der Waals surface area contributed by atoms with Crippen molar-refractivity contribution in [3.05, 3.63) is 24.3 Å². The quantitative estimate of drug-likeness (QED) is 0.539. The summed E-state index contributed by atoms with van der Waals surface area (Å²) in [5.74, 6) is 0. The summed E-state index contributed by atoms with van der Waals surface area (Å²) in [6, 6.07) is 5.19. The fourth-order valence-corrected chi connectivity index (χ4v) is 2.16. The predicted octanol–water partition coefficient (Wildman–Crippen LogP) is -1.99. The van der Waals surface area contributed by atoms with Gasteiger partial charge in [-0.05, 0) is 0 Å². The Kier molecular flexibility index (Phi) is 3.10. The van der Waals surface area contributed by atoms with Gasteiger partial charge in [-0.25, -0.2) is 0 Å². The summed E-state index contributed by atoms with van der Waals surface area (Å²) >= 11 is -2.90. The zero-order chi connectivity index (χ0) is 10.1. The summed E-state index contributed by atoms with van der Waals surface area (Å²) in [6.07, 6.45) is 0. The SMILES string of the molecule is NS(=O)(=O)c1ccc([As](O)O)cc1. The Morgan fingerprint density at radius 1 is 1.15 bits per heavy atom. The van der Waals surface area contributed by atoms with E-state index in [1.165, 1.54) is 24.3 Å². The first-order valence-corrected chi connectivity index (χ1v) is 7.38. The molecule has 0 saturated heterocycles. The van der Waals surface area contributed by atoms with E-state index in [4.69, 9.17) is 13.3 Å². The second-order valence-electron chi connectivity index (χ2n) is 2.33. The standard InChI is InChI=1S/C6H8AsNO4S/c8-13(11,12)6-3-1-5(2-4-6)7(9)10/h1-4,9-10H,(H2,8,11,12). The second-order valence-corrected chi connectivity index (χ2v) is 6.19. The van der Waals surface area contributed by atoms with E-state index in [0.29, 0.717) is 4.35 Å². The average molecular weight is 265 g/mol. The molecule has 0 saturated carbocycles. The Bertz CT molecular complexity index is 386. The third kappa shape index (κ3) is 2.79. The van der Waals surface area contributed by atoms with Gasteiger partial charge in [0.15, 0.2) is 0 Å². The molecule has 0 radical (unpaired) electrons. The summed E-state index contributed by atoms with van der Waals surface area (Å²) in [4.78, 5) is -0.0351. The Hall–Kier alpha value is -0.392. The molecule has 0 heterocycles. The van der Waals surface area contributed by atoms with Crippen molar-refractivity contribution in [2.75, 3.05) is 0 Å². The van der Waals surface area contributed by atoms with Gasteiger partial charge in [-0.15, -0.1) is 0 Å². The van der Waals surface area contributed by atoms with Crippen molar-refractivity contribution < 1.29 is 16.6 Å². The van der Waals surface area contributed by atoms with Crippen LogP contribution in [0.15, 0.2) is 29.2 Å². The van der Waals surface area contributed by atoms with E-state index < -0.39 is 25.4 Å². The Morgan fingerprint density at radius 3 is 1.92 bits per heavy atom. The van der Waals surface area contributed by atoms with Crippen molar-refractivity contribution in [1.82, 2.24) is 0 Å². The molecule has 0 amide bonds. The minimum absolute atomic E-state index is 0.0351. The molecule has 1 aromatic carbocycles. The van der Waals surface area contributed by atoms with E-state index in [1.807, 2.05) is 0 Å². The molecule has 0 aliphatic rings. The van der Waals surface area contributed by atoms with Crippen molar-refractivity contribution in [2.45, 2.75) is 4.90 Å². The molecule has 0 aliphatic carbocycles. The van der Waals surface area contributed by atoms with Crippen LogP contribution in [0.4, 0.5) is 0 Å². The maximum absolute atomic E-state index is 10.8. The van der Waals surface area contributed by atoms with Crippen LogP contribution in [0, 0.1) is 0 Å². The number of sulfonamides is 1. The summed E-state index contributed by atoms with van der Waals surface area (Å²) in [5, 5.41) is 4.84. The first-order valence-electron chi connectivity index (χ1n) is 3.22. The van der Waals surface area contributed by atoms with Crippen molar-refractivity contribution in [3.8, 4) is 0 Å². The molecule has 13 heavy (non-hydrogen) atoms. The molecule has 0 unspecified atom stereocenters. The second kappa shape index (κ2) is 3.77. The average Bonchev–Trinajstić information content (AvgIpc) is 2.03. The monoisotopic (exact) mass is 265 g/mol. The summed E-state index contributed by atoms with van der Waals surface area (Å²) in [6.45, 7) is 0. The third-order valence-electron chi connectivity index (χ3n) is 1.40. The summed E-state index contributed by atoms with van der Waals surface area (Å²) in [5.41, 5.74) is 0. The Morgan fingerprint density at radius 2 is 1.62 bits per heavy atom. The number of rotatable bonds is 2. The van der Waals surface area contributed by atoms with E-state index in [-0.39, 0.29) is 4.90 Å². The molecule has 0 bridgehead atoms. The summed E-state index contributed by atoms with van der Waals surface area (Å²) in [7, 11) is -3.69. The maximum atomic E-state index is 10.8. The number of hydrogen-bond donors (Lipinski definition) is 3. The topological polar surface area (TPSA) is 101 Å². The van der Waals surface area contributed by atoms with Crippen LogP contribution in [0.5, 0.6) is 0 Å². The fourth-order valence-electron chi connectivity index (χ4n) is 0.769. The van der Waals surface area contributed by atoms with Crippen molar-refractivity contribution in [3.63, 3.8) is 0 Å². The van der Waals surface area contributed by atoms with Gasteiger partial charge in [-0.3, -0.25) is 0 Å². The zero-order valence-electron chi connectivity index (χ0n) is 6.45. The van der Waals surface area contributed by atoms with E-state index in [2.05, 4.69) is 0 Å².